The number of urea groups is 1. The van der Waals surface area contributed by atoms with Crippen molar-refractivity contribution in [2.45, 2.75) is 77.6 Å². The number of fused-ring (bicyclic) bond motifs is 7. The zero-order valence-corrected chi connectivity index (χ0v) is 21.3. The van der Waals surface area contributed by atoms with E-state index in [-0.39, 0.29) is 6.42 Å². The van der Waals surface area contributed by atoms with Crippen molar-refractivity contribution in [3.05, 3.63) is 36.2 Å². The second-order valence-corrected chi connectivity index (χ2v) is 9.31. The van der Waals surface area contributed by atoms with Crippen LogP contribution >= 0.6 is 0 Å². The number of imidazole rings is 1. The number of carbonyl (C=O) groups is 1. The Labute approximate surface area is 213 Å². The Morgan fingerprint density at radius 3 is 2.76 bits per heavy atom. The van der Waals surface area contributed by atoms with Crippen LogP contribution in [0.5, 0.6) is 5.88 Å². The van der Waals surface area contributed by atoms with E-state index in [4.69, 9.17) is 14.7 Å². The average Bonchev–Trinajstić information content (AvgIpc) is 3.33. The zero-order valence-electron chi connectivity index (χ0n) is 21.3. The molecule has 0 spiro atoms. The molecule has 2 atom stereocenters. The largest absolute Gasteiger partial charge is 0.475 e. The van der Waals surface area contributed by atoms with Gasteiger partial charge >= 0.3 is 12.2 Å². The number of nitrogens with one attached hydrogen (secondary N) is 1. The van der Waals surface area contributed by atoms with E-state index in [0.717, 1.165) is 12.0 Å². The van der Waals surface area contributed by atoms with Gasteiger partial charge in [-0.1, -0.05) is 6.42 Å². The molecule has 0 unspecified atom stereocenters. The molecule has 1 aliphatic rings. The maximum Gasteiger partial charge on any atom is 0.389 e. The molecule has 0 aliphatic carbocycles. The number of ether oxygens (including phenoxy) is 1. The molecule has 37 heavy (non-hydrogen) atoms. The summed E-state index contributed by atoms with van der Waals surface area (Å²) in [5.41, 5.74) is 2.56. The SMILES string of the molecule is CCN1C(=O)N[C@@H](CCC(F)(F)F)CCCCCOc2nc(cn3ccnc23)-c2nc(ncc2C)[C@H]1C. The summed E-state index contributed by atoms with van der Waals surface area (Å²) in [6, 6.07) is -1.54. The molecule has 9 nitrogen and oxygen atoms in total. The van der Waals surface area contributed by atoms with Crippen LogP contribution in [0, 0.1) is 6.92 Å². The van der Waals surface area contributed by atoms with Crippen molar-refractivity contribution in [1.29, 1.82) is 0 Å². The molecule has 4 heterocycles. The number of amides is 2. The lowest BCUT2D eigenvalue weighted by Crippen LogP contribution is -2.46. The minimum Gasteiger partial charge on any atom is -0.475 e. The van der Waals surface area contributed by atoms with E-state index in [9.17, 15) is 18.0 Å². The maximum atomic E-state index is 13.2. The summed E-state index contributed by atoms with van der Waals surface area (Å²) in [6.07, 6.45) is 4.10. The molecule has 3 aromatic heterocycles. The van der Waals surface area contributed by atoms with Gasteiger partial charge in [-0.3, -0.25) is 0 Å². The first-order chi connectivity index (χ1) is 17.7. The fraction of sp³-hybridized carbons (Fsp3) is 0.560. The molecule has 12 heteroatoms. The van der Waals surface area contributed by atoms with E-state index in [1.54, 1.807) is 25.5 Å². The topological polar surface area (TPSA) is 97.5 Å². The van der Waals surface area contributed by atoms with Gasteiger partial charge in [-0.05, 0) is 52.0 Å². The molecular formula is C25H32F3N7O2. The summed E-state index contributed by atoms with van der Waals surface area (Å²) in [6.45, 7) is 6.21. The number of alkyl halides is 3. The maximum absolute atomic E-state index is 13.2. The first-order valence-electron chi connectivity index (χ1n) is 12.6. The molecule has 0 fully saturated rings. The fourth-order valence-electron chi connectivity index (χ4n) is 4.49. The third kappa shape index (κ3) is 6.47. The highest BCUT2D eigenvalue weighted by Gasteiger charge is 2.30. The number of rotatable bonds is 3. The Morgan fingerprint density at radius 2 is 2.00 bits per heavy atom. The molecule has 4 bridgehead atoms. The van der Waals surface area contributed by atoms with Crippen LogP contribution < -0.4 is 10.1 Å². The number of hydrogen-bond donors (Lipinski definition) is 1. The second-order valence-electron chi connectivity index (χ2n) is 9.31. The lowest BCUT2D eigenvalue weighted by Gasteiger charge is -2.30. The van der Waals surface area contributed by atoms with Crippen LogP contribution in [-0.2, 0) is 0 Å². The van der Waals surface area contributed by atoms with Crippen LogP contribution in [0.1, 0.15) is 69.8 Å². The number of aryl methyl sites for hydroxylation is 1. The lowest BCUT2D eigenvalue weighted by atomic mass is 10.0. The molecule has 2 amide bonds. The predicted octanol–water partition coefficient (Wildman–Crippen LogP) is 5.25. The van der Waals surface area contributed by atoms with Crippen molar-refractivity contribution in [2.75, 3.05) is 13.2 Å². The van der Waals surface area contributed by atoms with Crippen LogP contribution in [0.3, 0.4) is 0 Å². The van der Waals surface area contributed by atoms with E-state index >= 15 is 0 Å². The first kappa shape index (κ1) is 26.6. The van der Waals surface area contributed by atoms with Gasteiger partial charge < -0.3 is 19.4 Å². The van der Waals surface area contributed by atoms with E-state index in [1.807, 2.05) is 24.4 Å². The third-order valence-corrected chi connectivity index (χ3v) is 6.56. The van der Waals surface area contributed by atoms with Crippen LogP contribution in [0.2, 0.25) is 0 Å². The fourth-order valence-corrected chi connectivity index (χ4v) is 4.49. The summed E-state index contributed by atoms with van der Waals surface area (Å²) < 4.78 is 46.6. The number of carbonyl (C=O) groups excluding carboxylic acids is 1. The molecule has 200 valence electrons. The Kier molecular flexibility index (Phi) is 8.13. The van der Waals surface area contributed by atoms with Crippen LogP contribution in [0.15, 0.2) is 24.8 Å². The lowest BCUT2D eigenvalue weighted by molar-refractivity contribution is -0.136. The number of hydrogen-bond acceptors (Lipinski definition) is 6. The van der Waals surface area contributed by atoms with Crippen LogP contribution in [0.25, 0.3) is 17.0 Å². The van der Waals surface area contributed by atoms with Crippen molar-refractivity contribution < 1.29 is 22.7 Å². The normalized spacial score (nSPS) is 19.8. The quantitative estimate of drug-likeness (QED) is 0.508. The van der Waals surface area contributed by atoms with Crippen molar-refractivity contribution >= 4 is 11.7 Å². The highest BCUT2D eigenvalue weighted by atomic mass is 19.4. The molecule has 0 aromatic carbocycles. The Morgan fingerprint density at radius 1 is 1.19 bits per heavy atom. The van der Waals surface area contributed by atoms with Gasteiger partial charge in [0.15, 0.2) is 5.82 Å². The Bertz CT molecular complexity index is 1230. The Hall–Kier alpha value is -3.44. The monoisotopic (exact) mass is 519 g/mol. The molecule has 3 aromatic rings. The van der Waals surface area contributed by atoms with Crippen LogP contribution in [-0.4, -0.2) is 60.6 Å². The first-order valence-corrected chi connectivity index (χ1v) is 12.6. The molecule has 0 saturated carbocycles. The van der Waals surface area contributed by atoms with E-state index in [0.29, 0.717) is 61.2 Å². The molecule has 1 N–H and O–H groups in total. The van der Waals surface area contributed by atoms with Gasteiger partial charge in [-0.25, -0.2) is 24.7 Å². The van der Waals surface area contributed by atoms with Gasteiger partial charge in [0, 0.05) is 43.8 Å². The van der Waals surface area contributed by atoms with Crippen molar-refractivity contribution in [1.82, 2.24) is 34.6 Å². The van der Waals surface area contributed by atoms with Gasteiger partial charge in [-0.2, -0.15) is 13.2 Å². The van der Waals surface area contributed by atoms with Gasteiger partial charge in [0.25, 0.3) is 5.88 Å². The van der Waals surface area contributed by atoms with Crippen LogP contribution in [0.4, 0.5) is 18.0 Å². The Balaban J connectivity index is 1.70. The predicted molar refractivity (Wildman–Crippen MR) is 131 cm³/mol. The van der Waals surface area contributed by atoms with E-state index in [2.05, 4.69) is 15.3 Å². The smallest absolute Gasteiger partial charge is 0.389 e. The van der Waals surface area contributed by atoms with Gasteiger partial charge in [0.2, 0.25) is 5.65 Å². The molecule has 4 rings (SSSR count). The number of halogens is 3. The zero-order chi connectivity index (χ0) is 26.6. The summed E-state index contributed by atoms with van der Waals surface area (Å²) in [7, 11) is 0. The van der Waals surface area contributed by atoms with Gasteiger partial charge in [-0.15, -0.1) is 0 Å². The highest BCUT2D eigenvalue weighted by Crippen LogP contribution is 2.28. The van der Waals surface area contributed by atoms with Crippen molar-refractivity contribution in [2.24, 2.45) is 0 Å². The van der Waals surface area contributed by atoms with Gasteiger partial charge in [0.05, 0.1) is 18.3 Å². The standard InChI is InChI=1S/C25H32F3N7O2/c1-4-35-17(3)21-30-14-16(2)20(33-21)19-15-34-12-11-29-22(34)23(32-19)37-13-7-5-6-8-18(31-24(35)36)9-10-25(26,27)28/h11-12,14-15,17-18H,4-10,13H2,1-3H3,(H,31,36)/t17-,18-/m1/s1. The minimum absolute atomic E-state index is 0.170. The second kappa shape index (κ2) is 11.3. The summed E-state index contributed by atoms with van der Waals surface area (Å²) in [4.78, 5) is 33.0. The molecule has 0 saturated heterocycles. The molecule has 0 radical (unpaired) electrons. The summed E-state index contributed by atoms with van der Waals surface area (Å²) >= 11 is 0. The van der Waals surface area contributed by atoms with E-state index < -0.39 is 30.7 Å². The highest BCUT2D eigenvalue weighted by molar-refractivity contribution is 5.75. The van der Waals surface area contributed by atoms with Crippen molar-refractivity contribution in [3.63, 3.8) is 0 Å². The van der Waals surface area contributed by atoms with Gasteiger partial charge in [0.1, 0.15) is 5.69 Å². The molecular weight excluding hydrogens is 487 g/mol. The average molecular weight is 520 g/mol. The number of aromatic nitrogens is 5. The summed E-state index contributed by atoms with van der Waals surface area (Å²) in [5, 5.41) is 2.83. The number of nitrogens with zero attached hydrogens (tertiary/aromatic N) is 6. The van der Waals surface area contributed by atoms with E-state index in [1.165, 1.54) is 4.90 Å². The van der Waals surface area contributed by atoms with Crippen molar-refractivity contribution in [3.8, 4) is 17.3 Å². The minimum atomic E-state index is -4.28. The summed E-state index contributed by atoms with van der Waals surface area (Å²) in [5.74, 6) is 0.790. The molecule has 1 aliphatic heterocycles. The third-order valence-electron chi connectivity index (χ3n) is 6.56.